The van der Waals surface area contributed by atoms with Gasteiger partial charge in [-0.05, 0) is 31.2 Å². The lowest BCUT2D eigenvalue weighted by Gasteiger charge is -2.17. The van der Waals surface area contributed by atoms with Gasteiger partial charge < -0.3 is 5.11 Å². The molecule has 1 unspecified atom stereocenters. The molecule has 7 heteroatoms. The van der Waals surface area contributed by atoms with E-state index in [1.54, 1.807) is 0 Å². The molecule has 1 heterocycles. The van der Waals surface area contributed by atoms with Crippen molar-refractivity contribution in [2.45, 2.75) is 24.2 Å². The number of carbonyl (C=O) groups is 1. The minimum absolute atomic E-state index is 0.0287. The quantitative estimate of drug-likeness (QED) is 0.816. The summed E-state index contributed by atoms with van der Waals surface area (Å²) in [6.07, 6.45) is 7.00. The Morgan fingerprint density at radius 3 is 2.84 bits per heavy atom. The van der Waals surface area contributed by atoms with Crippen molar-refractivity contribution in [2.24, 2.45) is 5.92 Å². The molecule has 0 bridgehead atoms. The van der Waals surface area contributed by atoms with Crippen LogP contribution in [0.15, 0.2) is 28.5 Å². The van der Waals surface area contributed by atoms with Crippen molar-refractivity contribution in [3.05, 3.63) is 28.5 Å². The Hall–Kier alpha value is -1.18. The van der Waals surface area contributed by atoms with Crippen LogP contribution in [0, 0.1) is 5.92 Å². The maximum absolute atomic E-state index is 12.0. The Bertz CT molecular complexity index is 589. The number of allylic oxidation sites excluding steroid dienone is 2. The van der Waals surface area contributed by atoms with Gasteiger partial charge in [-0.1, -0.05) is 12.2 Å². The Morgan fingerprint density at radius 2 is 2.26 bits per heavy atom. The van der Waals surface area contributed by atoms with Gasteiger partial charge in [0.15, 0.2) is 0 Å². The van der Waals surface area contributed by atoms with Crippen molar-refractivity contribution in [3.63, 3.8) is 0 Å². The maximum Gasteiger partial charge on any atom is 0.345 e. The van der Waals surface area contributed by atoms with Crippen LogP contribution in [0.3, 0.4) is 0 Å². The number of hydrogen-bond acceptors (Lipinski definition) is 4. The first-order valence-corrected chi connectivity index (χ1v) is 8.32. The van der Waals surface area contributed by atoms with Crippen LogP contribution in [0.1, 0.15) is 28.9 Å². The second-order valence-electron chi connectivity index (χ2n) is 4.45. The summed E-state index contributed by atoms with van der Waals surface area (Å²) in [5.74, 6) is -0.791. The number of sulfonamides is 1. The lowest BCUT2D eigenvalue weighted by atomic mass is 9.95. The van der Waals surface area contributed by atoms with E-state index in [9.17, 15) is 13.2 Å². The van der Waals surface area contributed by atoms with Crippen LogP contribution in [0.4, 0.5) is 0 Å². The third-order valence-electron chi connectivity index (χ3n) is 3.04. The SMILES string of the molecule is O=C(O)c1cc(S(=O)(=O)NCC2CC=CCC2)cs1. The summed E-state index contributed by atoms with van der Waals surface area (Å²) in [6.45, 7) is 0.394. The molecule has 0 saturated carbocycles. The van der Waals surface area contributed by atoms with Gasteiger partial charge in [-0.3, -0.25) is 0 Å². The molecule has 0 aliphatic heterocycles. The highest BCUT2D eigenvalue weighted by Gasteiger charge is 2.20. The monoisotopic (exact) mass is 301 g/mol. The van der Waals surface area contributed by atoms with E-state index < -0.39 is 16.0 Å². The molecule has 1 aliphatic rings. The predicted octanol–water partition coefficient (Wildman–Crippen LogP) is 2.08. The van der Waals surface area contributed by atoms with Gasteiger partial charge in [-0.15, -0.1) is 11.3 Å². The largest absolute Gasteiger partial charge is 0.477 e. The fraction of sp³-hybridized carbons (Fsp3) is 0.417. The third-order valence-corrected chi connectivity index (χ3v) is 5.51. The number of carboxylic acids is 1. The first kappa shape index (κ1) is 14.2. The zero-order valence-corrected chi connectivity index (χ0v) is 11.8. The highest BCUT2D eigenvalue weighted by molar-refractivity contribution is 7.89. The zero-order chi connectivity index (χ0) is 13.9. The van der Waals surface area contributed by atoms with Gasteiger partial charge in [0.25, 0.3) is 0 Å². The first-order valence-electron chi connectivity index (χ1n) is 5.95. The van der Waals surface area contributed by atoms with Gasteiger partial charge in [0, 0.05) is 11.9 Å². The molecule has 0 amide bonds. The molecule has 0 saturated heterocycles. The molecule has 19 heavy (non-hydrogen) atoms. The molecule has 104 valence electrons. The molecule has 2 N–H and O–H groups in total. The predicted molar refractivity (Wildman–Crippen MR) is 72.9 cm³/mol. The summed E-state index contributed by atoms with van der Waals surface area (Å²) in [6, 6.07) is 1.19. The Labute approximate surface area is 116 Å². The highest BCUT2D eigenvalue weighted by Crippen LogP contribution is 2.21. The summed E-state index contributed by atoms with van der Waals surface area (Å²) >= 11 is 0.916. The van der Waals surface area contributed by atoms with Crippen LogP contribution < -0.4 is 4.72 Å². The molecular formula is C12H15NO4S2. The first-order chi connectivity index (χ1) is 8.99. The second kappa shape index (κ2) is 5.85. The number of carboxylic acid groups (broad SMARTS) is 1. The standard InChI is InChI=1S/C12H15NO4S2/c14-12(15)11-6-10(8-18-11)19(16,17)13-7-9-4-2-1-3-5-9/h1-2,6,8-9,13H,3-5,7H2,(H,14,15). The lowest BCUT2D eigenvalue weighted by Crippen LogP contribution is -2.29. The number of aromatic carboxylic acids is 1. The number of thiophene rings is 1. The minimum Gasteiger partial charge on any atom is -0.477 e. The molecule has 1 aliphatic carbocycles. The van der Waals surface area contributed by atoms with Gasteiger partial charge in [0.05, 0.1) is 4.90 Å². The van der Waals surface area contributed by atoms with Crippen molar-refractivity contribution in [1.29, 1.82) is 0 Å². The van der Waals surface area contributed by atoms with Gasteiger partial charge in [0.2, 0.25) is 10.0 Å². The average molecular weight is 301 g/mol. The number of hydrogen-bond donors (Lipinski definition) is 2. The summed E-state index contributed by atoms with van der Waals surface area (Å²) in [5.41, 5.74) is 0. The molecule has 0 spiro atoms. The second-order valence-corrected chi connectivity index (χ2v) is 7.13. The molecule has 0 radical (unpaired) electrons. The molecule has 1 aromatic rings. The third kappa shape index (κ3) is 3.65. The van der Waals surface area contributed by atoms with E-state index >= 15 is 0 Å². The topological polar surface area (TPSA) is 83.5 Å². The van der Waals surface area contributed by atoms with Crippen LogP contribution in [0.25, 0.3) is 0 Å². The Morgan fingerprint density at radius 1 is 1.47 bits per heavy atom. The van der Waals surface area contributed by atoms with Crippen molar-refractivity contribution in [3.8, 4) is 0 Å². The average Bonchev–Trinajstić information content (AvgIpc) is 2.88. The molecule has 1 atom stereocenters. The maximum atomic E-state index is 12.0. The number of nitrogens with one attached hydrogen (secondary N) is 1. The van der Waals surface area contributed by atoms with Gasteiger partial charge in [0.1, 0.15) is 4.88 Å². The van der Waals surface area contributed by atoms with Gasteiger partial charge in [-0.25, -0.2) is 17.9 Å². The van der Waals surface area contributed by atoms with Crippen LogP contribution in [-0.2, 0) is 10.0 Å². The van der Waals surface area contributed by atoms with Crippen molar-refractivity contribution in [1.82, 2.24) is 4.72 Å². The van der Waals surface area contributed by atoms with Crippen molar-refractivity contribution < 1.29 is 18.3 Å². The fourth-order valence-corrected chi connectivity index (χ4v) is 4.15. The molecular weight excluding hydrogens is 286 g/mol. The fourth-order valence-electron chi connectivity index (χ4n) is 1.92. The zero-order valence-electron chi connectivity index (χ0n) is 10.2. The summed E-state index contributed by atoms with van der Waals surface area (Å²) in [7, 11) is -3.60. The molecule has 2 rings (SSSR count). The van der Waals surface area contributed by atoms with E-state index in [-0.39, 0.29) is 9.77 Å². The molecule has 5 nitrogen and oxygen atoms in total. The van der Waals surface area contributed by atoms with E-state index in [4.69, 9.17) is 5.11 Å². The Balaban J connectivity index is 2.01. The van der Waals surface area contributed by atoms with Crippen molar-refractivity contribution >= 4 is 27.3 Å². The van der Waals surface area contributed by atoms with Gasteiger partial charge >= 0.3 is 5.97 Å². The lowest BCUT2D eigenvalue weighted by molar-refractivity contribution is 0.0702. The van der Waals surface area contributed by atoms with Crippen LogP contribution in [-0.4, -0.2) is 26.0 Å². The van der Waals surface area contributed by atoms with Crippen molar-refractivity contribution in [2.75, 3.05) is 6.54 Å². The minimum atomic E-state index is -3.60. The van der Waals surface area contributed by atoms with E-state index in [1.807, 2.05) is 0 Å². The summed E-state index contributed by atoms with van der Waals surface area (Å²) < 4.78 is 26.5. The van der Waals surface area contributed by atoms with E-state index in [0.29, 0.717) is 12.5 Å². The Kier molecular flexibility index (Phi) is 4.38. The van der Waals surface area contributed by atoms with Crippen LogP contribution >= 0.6 is 11.3 Å². The van der Waals surface area contributed by atoms with Crippen LogP contribution in [0.5, 0.6) is 0 Å². The summed E-state index contributed by atoms with van der Waals surface area (Å²) in [4.78, 5) is 10.8. The molecule has 0 fully saturated rings. The molecule has 1 aromatic heterocycles. The summed E-state index contributed by atoms with van der Waals surface area (Å²) in [5, 5.41) is 10.1. The van der Waals surface area contributed by atoms with Gasteiger partial charge in [-0.2, -0.15) is 0 Å². The number of rotatable bonds is 5. The van der Waals surface area contributed by atoms with E-state index in [0.717, 1.165) is 30.6 Å². The van der Waals surface area contributed by atoms with Crippen LogP contribution in [0.2, 0.25) is 0 Å². The smallest absolute Gasteiger partial charge is 0.345 e. The van der Waals surface area contributed by atoms with E-state index in [1.165, 1.54) is 11.4 Å². The van der Waals surface area contributed by atoms with E-state index in [2.05, 4.69) is 16.9 Å². The molecule has 0 aromatic carbocycles. The normalized spacial score (nSPS) is 19.5. The highest BCUT2D eigenvalue weighted by atomic mass is 32.2.